The highest BCUT2D eigenvalue weighted by atomic mass is 31.2. The van der Waals surface area contributed by atoms with Gasteiger partial charge < -0.3 is 15.3 Å². The number of nitrogens with one attached hydrogen (secondary N) is 1. The Balaban J connectivity index is 1.34. The normalized spacial score (nSPS) is 45.3. The summed E-state index contributed by atoms with van der Waals surface area (Å²) in [5.41, 5.74) is 0.863. The van der Waals surface area contributed by atoms with Crippen molar-refractivity contribution in [2.24, 2.45) is 46.3 Å². The maximum atomic E-state index is 12.0. The van der Waals surface area contributed by atoms with E-state index in [0.29, 0.717) is 23.3 Å². The molecule has 0 saturated heterocycles. The third-order valence-corrected chi connectivity index (χ3v) is 12.1. The maximum absolute atomic E-state index is 12.0. The number of aliphatic hydroxyl groups excluding tert-OH is 1. The van der Waals surface area contributed by atoms with Crippen LogP contribution >= 0.6 is 7.37 Å². The Morgan fingerprint density at radius 2 is 1.76 bits per heavy atom. The summed E-state index contributed by atoms with van der Waals surface area (Å²) in [5, 5.41) is 13.3. The second-order valence-electron chi connectivity index (χ2n) is 13.0. The van der Waals surface area contributed by atoms with Crippen molar-refractivity contribution < 1.29 is 19.4 Å². The summed E-state index contributed by atoms with van der Waals surface area (Å²) in [4.78, 5) is 21.4. The zero-order valence-electron chi connectivity index (χ0n) is 21.4. The molecule has 4 fully saturated rings. The highest BCUT2D eigenvalue weighted by molar-refractivity contribution is 7.57. The lowest BCUT2D eigenvalue weighted by Crippen LogP contribution is -2.54. The summed E-state index contributed by atoms with van der Waals surface area (Å²) >= 11 is 0. The van der Waals surface area contributed by atoms with Crippen LogP contribution in [0.25, 0.3) is 0 Å². The van der Waals surface area contributed by atoms with Gasteiger partial charge in [-0.2, -0.15) is 0 Å². The monoisotopic (exact) mass is 481 g/mol. The summed E-state index contributed by atoms with van der Waals surface area (Å²) in [5.74, 6) is 4.48. The van der Waals surface area contributed by atoms with Crippen molar-refractivity contribution in [3.8, 4) is 0 Å². The molecule has 0 spiro atoms. The average molecular weight is 482 g/mol. The van der Waals surface area contributed by atoms with Crippen LogP contribution in [0.4, 0.5) is 0 Å². The highest BCUT2D eigenvalue weighted by Crippen LogP contribution is 2.68. The molecule has 5 nitrogen and oxygen atoms in total. The van der Waals surface area contributed by atoms with Crippen LogP contribution in [0.15, 0.2) is 0 Å². The Labute approximate surface area is 201 Å². The van der Waals surface area contributed by atoms with Crippen molar-refractivity contribution in [2.75, 3.05) is 19.4 Å². The summed E-state index contributed by atoms with van der Waals surface area (Å²) in [7, 11) is -3.12. The van der Waals surface area contributed by atoms with Gasteiger partial charge >= 0.3 is 0 Å². The molecule has 0 heterocycles. The number of carbonyl (C=O) groups excluding carboxylic acids is 1. The van der Waals surface area contributed by atoms with E-state index in [1.165, 1.54) is 51.6 Å². The molecule has 4 saturated carbocycles. The first-order valence-electron chi connectivity index (χ1n) is 13.7. The fraction of sp³-hybridized carbons (Fsp3) is 0.963. The number of fused-ring (bicyclic) bond motifs is 5. The number of hydrogen-bond donors (Lipinski definition) is 3. The second kappa shape index (κ2) is 9.58. The summed E-state index contributed by atoms with van der Waals surface area (Å²) in [6, 6.07) is 0. The lowest BCUT2D eigenvalue weighted by atomic mass is 9.44. The van der Waals surface area contributed by atoms with Crippen molar-refractivity contribution >= 4 is 13.3 Å². The summed E-state index contributed by atoms with van der Waals surface area (Å²) in [6.45, 7) is 9.52. The molecule has 4 aliphatic carbocycles. The van der Waals surface area contributed by atoms with E-state index in [1.807, 2.05) is 0 Å². The number of amides is 1. The van der Waals surface area contributed by atoms with Crippen molar-refractivity contribution in [1.29, 1.82) is 0 Å². The standard InChI is InChI=1S/C27H48NO4P/c1-18(11-15-28-25(30)12-16-33(4,31)32)22-7-8-23-21-6-5-19-17-20(29)9-13-26(19,2)24(21)10-14-27(22,23)3/h18-24,29H,5-17H2,1-4H3,(H,28,30)(H,31,32)/t18-,19-,20-,21?,22?,23?,24?,26+,27-/m1/s1. The van der Waals surface area contributed by atoms with E-state index in [1.54, 1.807) is 0 Å². The van der Waals surface area contributed by atoms with Crippen molar-refractivity contribution in [2.45, 2.75) is 97.5 Å². The molecular weight excluding hydrogens is 433 g/mol. The third-order valence-electron chi connectivity index (χ3n) is 11.1. The first-order valence-corrected chi connectivity index (χ1v) is 16.0. The molecule has 0 aromatic heterocycles. The first-order chi connectivity index (χ1) is 15.4. The van der Waals surface area contributed by atoms with E-state index in [0.717, 1.165) is 48.9 Å². The van der Waals surface area contributed by atoms with Gasteiger partial charge in [0.25, 0.3) is 0 Å². The van der Waals surface area contributed by atoms with Crippen LogP contribution in [0.5, 0.6) is 0 Å². The predicted octanol–water partition coefficient (Wildman–Crippen LogP) is 5.44. The largest absolute Gasteiger partial charge is 0.393 e. The van der Waals surface area contributed by atoms with Gasteiger partial charge in [0.05, 0.1) is 6.10 Å². The molecule has 0 aromatic carbocycles. The van der Waals surface area contributed by atoms with Crippen LogP contribution in [0.2, 0.25) is 0 Å². The number of hydrogen-bond acceptors (Lipinski definition) is 3. The third kappa shape index (κ3) is 5.12. The van der Waals surface area contributed by atoms with Gasteiger partial charge in [0.2, 0.25) is 5.91 Å². The van der Waals surface area contributed by atoms with E-state index in [2.05, 4.69) is 26.1 Å². The fourth-order valence-corrected chi connectivity index (χ4v) is 9.87. The Kier molecular flexibility index (Phi) is 7.46. The zero-order valence-corrected chi connectivity index (χ0v) is 22.3. The van der Waals surface area contributed by atoms with Gasteiger partial charge in [-0.15, -0.1) is 0 Å². The minimum absolute atomic E-state index is 0.0675. The molecule has 4 rings (SSSR count). The van der Waals surface area contributed by atoms with Gasteiger partial charge in [0.1, 0.15) is 0 Å². The van der Waals surface area contributed by atoms with Crippen LogP contribution in [-0.2, 0) is 9.36 Å². The minimum atomic E-state index is -3.12. The smallest absolute Gasteiger partial charge is 0.220 e. The second-order valence-corrected chi connectivity index (χ2v) is 15.5. The Hall–Kier alpha value is -0.380. The average Bonchev–Trinajstić information content (AvgIpc) is 3.09. The van der Waals surface area contributed by atoms with Crippen molar-refractivity contribution in [1.82, 2.24) is 5.32 Å². The fourth-order valence-electron chi connectivity index (χ4n) is 9.25. The molecule has 5 unspecified atom stereocenters. The first kappa shape index (κ1) is 25.7. The number of rotatable bonds is 7. The number of aliphatic hydroxyl groups is 1. The molecule has 0 bridgehead atoms. The van der Waals surface area contributed by atoms with Crippen LogP contribution in [0.3, 0.4) is 0 Å². The molecule has 10 atom stereocenters. The highest BCUT2D eigenvalue weighted by Gasteiger charge is 2.60. The molecule has 0 aliphatic heterocycles. The topological polar surface area (TPSA) is 86.6 Å². The molecule has 33 heavy (non-hydrogen) atoms. The van der Waals surface area contributed by atoms with Gasteiger partial charge in [-0.05, 0) is 111 Å². The lowest BCUT2D eigenvalue weighted by Gasteiger charge is -2.61. The summed E-state index contributed by atoms with van der Waals surface area (Å²) < 4.78 is 11.4. The van der Waals surface area contributed by atoms with E-state index < -0.39 is 7.37 Å². The van der Waals surface area contributed by atoms with Crippen molar-refractivity contribution in [3.63, 3.8) is 0 Å². The number of carbonyl (C=O) groups is 1. The Bertz CT molecular complexity index is 767. The van der Waals surface area contributed by atoms with Gasteiger partial charge in [-0.1, -0.05) is 20.8 Å². The zero-order chi connectivity index (χ0) is 24.0. The molecule has 0 radical (unpaired) electrons. The van der Waals surface area contributed by atoms with Gasteiger partial charge in [-0.25, -0.2) is 0 Å². The Morgan fingerprint density at radius 1 is 1.06 bits per heavy atom. The Morgan fingerprint density at radius 3 is 2.48 bits per heavy atom. The molecule has 0 aromatic rings. The van der Waals surface area contributed by atoms with E-state index in [-0.39, 0.29) is 24.6 Å². The van der Waals surface area contributed by atoms with E-state index in [4.69, 9.17) is 0 Å². The van der Waals surface area contributed by atoms with Crippen molar-refractivity contribution in [3.05, 3.63) is 0 Å². The quantitative estimate of drug-likeness (QED) is 0.423. The molecular formula is C27H48NO4P. The van der Waals surface area contributed by atoms with Crippen LogP contribution < -0.4 is 5.32 Å². The maximum Gasteiger partial charge on any atom is 0.220 e. The van der Waals surface area contributed by atoms with Crippen LogP contribution in [0.1, 0.15) is 91.4 Å². The van der Waals surface area contributed by atoms with Gasteiger partial charge in [0.15, 0.2) is 7.37 Å². The van der Waals surface area contributed by atoms with Crippen LogP contribution in [0, 0.1) is 46.3 Å². The van der Waals surface area contributed by atoms with Crippen LogP contribution in [-0.4, -0.2) is 41.4 Å². The molecule has 3 N–H and O–H groups in total. The predicted molar refractivity (Wildman–Crippen MR) is 133 cm³/mol. The van der Waals surface area contributed by atoms with Gasteiger partial charge in [0, 0.05) is 25.8 Å². The van der Waals surface area contributed by atoms with E-state index in [9.17, 15) is 19.4 Å². The SMILES string of the molecule is C[C@H](CCNC(=O)CCP(C)(=O)O)C1CCC2C3CC[C@@H]4C[C@H](O)CC[C@]4(C)C3CC[C@@]21C. The summed E-state index contributed by atoms with van der Waals surface area (Å²) in [6.07, 6.45) is 12.4. The molecule has 4 aliphatic rings. The molecule has 190 valence electrons. The van der Waals surface area contributed by atoms with Gasteiger partial charge in [-0.3, -0.25) is 9.36 Å². The molecule has 6 heteroatoms. The minimum Gasteiger partial charge on any atom is -0.393 e. The van der Waals surface area contributed by atoms with E-state index >= 15 is 0 Å². The lowest BCUT2D eigenvalue weighted by molar-refractivity contribution is -0.129. The molecule has 1 amide bonds.